The number of pyridine rings is 1. The van der Waals surface area contributed by atoms with Crippen LogP contribution in [0.4, 0.5) is 32.0 Å². The van der Waals surface area contributed by atoms with E-state index in [-0.39, 0.29) is 73.7 Å². The average molecular weight is 765 g/mol. The number of alkyl halides is 6. The molecule has 4 heterocycles. The summed E-state index contributed by atoms with van der Waals surface area (Å²) in [5.41, 5.74) is -1.86. The minimum Gasteiger partial charge on any atom is -0.491 e. The first-order chi connectivity index (χ1) is 24.6. The van der Waals surface area contributed by atoms with Gasteiger partial charge in [0.25, 0.3) is 5.56 Å². The van der Waals surface area contributed by atoms with Crippen molar-refractivity contribution in [3.05, 3.63) is 79.8 Å². The second-order valence-electron chi connectivity index (χ2n) is 11.9. The summed E-state index contributed by atoms with van der Waals surface area (Å²) in [6.07, 6.45) is -8.92. The summed E-state index contributed by atoms with van der Waals surface area (Å²) in [5, 5.41) is 21.3. The van der Waals surface area contributed by atoms with Gasteiger partial charge in [-0.25, -0.2) is 9.78 Å². The van der Waals surface area contributed by atoms with E-state index in [4.69, 9.17) is 16.3 Å². The van der Waals surface area contributed by atoms with Gasteiger partial charge in [0, 0.05) is 60.5 Å². The normalized spacial score (nSPS) is 14.2. The third kappa shape index (κ3) is 7.36. The fourth-order valence-electron chi connectivity index (χ4n) is 6.26. The van der Waals surface area contributed by atoms with Crippen molar-refractivity contribution in [2.45, 2.75) is 32.2 Å². The van der Waals surface area contributed by atoms with Gasteiger partial charge in [0.2, 0.25) is 0 Å². The molecule has 0 bridgehead atoms. The molecule has 0 spiro atoms. The molecule has 0 unspecified atom stereocenters. The van der Waals surface area contributed by atoms with Crippen molar-refractivity contribution >= 4 is 55.7 Å². The molecule has 1 saturated heterocycles. The van der Waals surface area contributed by atoms with Crippen LogP contribution in [0.3, 0.4) is 0 Å². The molecule has 5 aromatic rings. The Labute approximate surface area is 300 Å². The van der Waals surface area contributed by atoms with E-state index < -0.39 is 47.1 Å². The molecule has 3 aromatic heterocycles. The Hall–Kier alpha value is -4.92. The van der Waals surface area contributed by atoms with Crippen molar-refractivity contribution in [1.82, 2.24) is 19.4 Å². The number of halogens is 7. The highest BCUT2D eigenvalue weighted by atomic mass is 35.5. The number of fused-ring (bicyclic) bond motifs is 2. The summed E-state index contributed by atoms with van der Waals surface area (Å²) in [6, 6.07) is 9.02. The number of nitrogens with zero attached hydrogens (tertiary/aromatic N) is 6. The number of aromatic carboxylic acids is 1. The quantitative estimate of drug-likeness (QED) is 0.153. The van der Waals surface area contributed by atoms with E-state index in [0.29, 0.717) is 26.6 Å². The molecule has 1 N–H and O–H groups in total. The zero-order valence-electron chi connectivity index (χ0n) is 27.1. The summed E-state index contributed by atoms with van der Waals surface area (Å²) in [4.78, 5) is 36.9. The summed E-state index contributed by atoms with van der Waals surface area (Å²) in [6.45, 7) is 0.722. The molecule has 1 aliphatic rings. The molecule has 0 atom stereocenters. The minimum atomic E-state index is -4.93. The number of hydrogen-bond acceptors (Lipinski definition) is 9. The second-order valence-corrected chi connectivity index (χ2v) is 13.3. The van der Waals surface area contributed by atoms with Gasteiger partial charge in [0.05, 0.1) is 56.5 Å². The van der Waals surface area contributed by atoms with Crippen LogP contribution in [-0.4, -0.2) is 76.0 Å². The van der Waals surface area contributed by atoms with Gasteiger partial charge >= 0.3 is 18.3 Å². The van der Waals surface area contributed by atoms with E-state index >= 15 is 0 Å². The molecule has 6 rings (SSSR count). The average Bonchev–Trinajstić information content (AvgIpc) is 3.53. The maximum atomic E-state index is 14.5. The van der Waals surface area contributed by atoms with Gasteiger partial charge in [-0.15, -0.1) is 11.3 Å². The molecule has 0 saturated carbocycles. The van der Waals surface area contributed by atoms with Crippen molar-refractivity contribution in [2.24, 2.45) is 0 Å². The number of aryl methyl sites for hydroxylation is 1. The molecule has 272 valence electrons. The highest BCUT2D eigenvalue weighted by Gasteiger charge is 2.39. The second kappa shape index (κ2) is 14.2. The Morgan fingerprint density at radius 2 is 1.81 bits per heavy atom. The molecular weight excluding hydrogens is 738 g/mol. The third-order valence-corrected chi connectivity index (χ3v) is 9.95. The van der Waals surface area contributed by atoms with Crippen LogP contribution in [0.15, 0.2) is 46.7 Å². The van der Waals surface area contributed by atoms with Crippen LogP contribution in [0.2, 0.25) is 5.02 Å². The molecule has 0 amide bonds. The van der Waals surface area contributed by atoms with Crippen molar-refractivity contribution in [2.75, 3.05) is 44.2 Å². The highest BCUT2D eigenvalue weighted by molar-refractivity contribution is 7.18. The lowest BCUT2D eigenvalue weighted by atomic mass is 10.00. The van der Waals surface area contributed by atoms with E-state index in [0.717, 1.165) is 6.07 Å². The van der Waals surface area contributed by atoms with Crippen LogP contribution in [0, 0.1) is 18.3 Å². The van der Waals surface area contributed by atoms with Gasteiger partial charge in [0.15, 0.2) is 0 Å². The van der Waals surface area contributed by atoms with Crippen LogP contribution in [0.25, 0.3) is 32.2 Å². The maximum Gasteiger partial charge on any atom is 0.418 e. The highest BCUT2D eigenvalue weighted by Crippen LogP contribution is 2.42. The first-order valence-corrected chi connectivity index (χ1v) is 16.9. The lowest BCUT2D eigenvalue weighted by Crippen LogP contribution is -2.48. The van der Waals surface area contributed by atoms with Gasteiger partial charge in [0.1, 0.15) is 24.3 Å². The zero-order chi connectivity index (χ0) is 37.5. The van der Waals surface area contributed by atoms with Gasteiger partial charge in [-0.1, -0.05) is 11.6 Å². The first-order valence-electron chi connectivity index (χ1n) is 15.7. The number of carboxylic acid groups (broad SMARTS) is 1. The minimum absolute atomic E-state index is 0.0227. The number of anilines is 1. The van der Waals surface area contributed by atoms with Crippen LogP contribution in [0.1, 0.15) is 33.7 Å². The fourth-order valence-corrected chi connectivity index (χ4v) is 7.46. The van der Waals surface area contributed by atoms with Crippen molar-refractivity contribution in [3.8, 4) is 22.9 Å². The number of ether oxygens (including phenoxy) is 1. The predicted molar refractivity (Wildman–Crippen MR) is 182 cm³/mol. The van der Waals surface area contributed by atoms with Crippen molar-refractivity contribution in [1.29, 1.82) is 5.26 Å². The van der Waals surface area contributed by atoms with Gasteiger partial charge < -0.3 is 14.7 Å². The molecule has 1 fully saturated rings. The number of rotatable bonds is 9. The largest absolute Gasteiger partial charge is 0.491 e. The SMILES string of the molecule is Cc1nc2cc(C(F)(F)F)c(N3CCN(CCC(F)(F)F)CC3)c(C#N)c2c(=O)n1CCOc1ccc(Cl)cc1-c1ccnc2c(C(=O)O)csc12. The third-order valence-electron chi connectivity index (χ3n) is 8.72. The number of hydrogen-bond donors (Lipinski definition) is 1. The summed E-state index contributed by atoms with van der Waals surface area (Å²) < 4.78 is 89.5. The molecular formula is C34H27ClF6N6O4S. The van der Waals surface area contributed by atoms with E-state index in [1.165, 1.54) is 44.2 Å². The number of carbonyl (C=O) groups is 1. The maximum absolute atomic E-state index is 14.5. The molecule has 1 aliphatic heterocycles. The summed E-state index contributed by atoms with van der Waals surface area (Å²) in [5.74, 6) is -0.728. The summed E-state index contributed by atoms with van der Waals surface area (Å²) in [7, 11) is 0. The number of nitriles is 1. The van der Waals surface area contributed by atoms with Gasteiger partial charge in [-0.2, -0.15) is 31.6 Å². The molecule has 0 radical (unpaired) electrons. The standard InChI is InChI=1S/C34H27ClF6N6O4S/c1-18-44-25-15-24(34(39,40)41)29(46-10-8-45(9-11-46)7-5-33(36,37)38)22(16-42)27(25)31(48)47(18)12-13-51-26-3-2-19(35)14-21(26)20-4-6-43-28-23(32(49)50)17-52-30(20)28/h2-4,6,14-15,17H,5,7-13H2,1H3,(H,49,50). The van der Waals surface area contributed by atoms with E-state index in [1.807, 2.05) is 0 Å². The molecule has 10 nitrogen and oxygen atoms in total. The molecule has 52 heavy (non-hydrogen) atoms. The van der Waals surface area contributed by atoms with Crippen molar-refractivity contribution in [3.63, 3.8) is 0 Å². The van der Waals surface area contributed by atoms with Crippen LogP contribution in [-0.2, 0) is 12.7 Å². The van der Waals surface area contributed by atoms with Crippen LogP contribution >= 0.6 is 22.9 Å². The Morgan fingerprint density at radius 3 is 2.46 bits per heavy atom. The summed E-state index contributed by atoms with van der Waals surface area (Å²) >= 11 is 7.50. The Bertz CT molecular complexity index is 2290. The first kappa shape index (κ1) is 36.9. The monoisotopic (exact) mass is 764 g/mol. The van der Waals surface area contributed by atoms with Crippen LogP contribution in [0.5, 0.6) is 5.75 Å². The van der Waals surface area contributed by atoms with Crippen LogP contribution < -0.4 is 15.2 Å². The number of benzene rings is 2. The number of piperazine rings is 1. The topological polar surface area (TPSA) is 125 Å². The van der Waals surface area contributed by atoms with Gasteiger partial charge in [-0.3, -0.25) is 19.2 Å². The molecule has 2 aromatic carbocycles. The van der Waals surface area contributed by atoms with E-state index in [2.05, 4.69) is 9.97 Å². The molecule has 0 aliphatic carbocycles. The van der Waals surface area contributed by atoms with Crippen molar-refractivity contribution < 1.29 is 41.0 Å². The lowest BCUT2D eigenvalue weighted by molar-refractivity contribution is -0.139. The van der Waals surface area contributed by atoms with Gasteiger partial charge in [-0.05, 0) is 37.3 Å². The number of thiophene rings is 1. The zero-order valence-corrected chi connectivity index (χ0v) is 28.7. The Kier molecular flexibility index (Phi) is 10.1. The Morgan fingerprint density at radius 1 is 1.08 bits per heavy atom. The molecule has 18 heteroatoms. The van der Waals surface area contributed by atoms with E-state index in [9.17, 15) is 46.3 Å². The lowest BCUT2D eigenvalue weighted by Gasteiger charge is -2.37. The number of carboxylic acids is 1. The number of aromatic nitrogens is 3. The fraction of sp³-hybridized carbons (Fsp3) is 0.324. The van der Waals surface area contributed by atoms with E-state index in [1.54, 1.807) is 30.3 Å². The Balaban J connectivity index is 1.32. The predicted octanol–water partition coefficient (Wildman–Crippen LogP) is 7.38. The smallest absolute Gasteiger partial charge is 0.418 e.